The molecule has 0 radical (unpaired) electrons. The van der Waals surface area contributed by atoms with Gasteiger partial charge in [0.05, 0.1) is 11.3 Å². The number of nitrogens with zero attached hydrogens (tertiary/aromatic N) is 6. The van der Waals surface area contributed by atoms with Crippen LogP contribution in [-0.2, 0) is 16.0 Å². The number of ether oxygens (including phenoxy) is 2. The Labute approximate surface area is 251 Å². The van der Waals surface area contributed by atoms with Crippen molar-refractivity contribution in [3.8, 4) is 5.75 Å². The second-order valence-corrected chi connectivity index (χ2v) is 11.5. The molecule has 2 amide bonds. The predicted octanol–water partition coefficient (Wildman–Crippen LogP) is 1.45. The molecule has 3 fully saturated rings. The van der Waals surface area contributed by atoms with Crippen molar-refractivity contribution in [3.63, 3.8) is 0 Å². The van der Waals surface area contributed by atoms with Crippen LogP contribution >= 0.6 is 0 Å². The number of amides is 2. The smallest absolute Gasteiger partial charge is 0.410 e. The van der Waals surface area contributed by atoms with Gasteiger partial charge in [0.1, 0.15) is 29.3 Å². The van der Waals surface area contributed by atoms with E-state index in [1.54, 1.807) is 4.90 Å². The van der Waals surface area contributed by atoms with Gasteiger partial charge in [-0.2, -0.15) is 0 Å². The van der Waals surface area contributed by atoms with Crippen molar-refractivity contribution in [1.82, 2.24) is 29.7 Å². The van der Waals surface area contributed by atoms with Crippen molar-refractivity contribution >= 4 is 34.7 Å². The number of benzene rings is 1. The molecule has 2 saturated heterocycles. The average molecular weight is 611 g/mol. The Morgan fingerprint density at radius 2 is 1.84 bits per heavy atom. The van der Waals surface area contributed by atoms with Crippen molar-refractivity contribution in [2.24, 2.45) is 5.92 Å². The van der Waals surface area contributed by atoms with Gasteiger partial charge < -0.3 is 35.6 Å². The number of imidazole rings is 1. The molecular formula is C28H34N8O8. The Kier molecular flexibility index (Phi) is 8.29. The topological polar surface area (TPSA) is 221 Å². The molecule has 4 atom stereocenters. The monoisotopic (exact) mass is 610 g/mol. The molecule has 1 saturated carbocycles. The van der Waals surface area contributed by atoms with Gasteiger partial charge in [-0.15, -0.1) is 0 Å². The standard InChI is InChI=1S/C28H34N8O8/c29-24-20-25(35(14-30-20)27-22(38)21(37)23(44-27)26(39)31-16-4-5-16)33-19(32-24)3-1-2-15-10-12-34(13-11-15)28(40)43-18-8-6-17(7-9-18)36(41)42/h6-9,14-16,21-23,27,37-38H,1-5,10-13H2,(H,31,39)(H2,29,32,33)/t21-,22+,23-,27+/m0/s1. The fourth-order valence-corrected chi connectivity index (χ4v) is 5.65. The van der Waals surface area contributed by atoms with E-state index < -0.39 is 41.5 Å². The van der Waals surface area contributed by atoms with E-state index in [4.69, 9.17) is 15.2 Å². The summed E-state index contributed by atoms with van der Waals surface area (Å²) < 4.78 is 12.6. The quantitative estimate of drug-likeness (QED) is 0.200. The van der Waals surface area contributed by atoms with Gasteiger partial charge in [0.15, 0.2) is 23.8 Å². The molecule has 0 bridgehead atoms. The number of rotatable bonds is 9. The van der Waals surface area contributed by atoms with Gasteiger partial charge in [-0.25, -0.2) is 19.7 Å². The normalized spacial score (nSPS) is 24.0. The molecule has 16 heteroatoms. The number of hydrogen-bond acceptors (Lipinski definition) is 12. The van der Waals surface area contributed by atoms with Crippen LogP contribution in [0.15, 0.2) is 30.6 Å². The number of hydrogen-bond donors (Lipinski definition) is 4. The number of aromatic nitrogens is 4. The molecule has 2 aliphatic heterocycles. The maximum atomic E-state index is 12.5. The predicted molar refractivity (Wildman–Crippen MR) is 153 cm³/mol. The Morgan fingerprint density at radius 3 is 2.52 bits per heavy atom. The number of nitrogen functional groups attached to an aromatic ring is 1. The number of carbonyl (C=O) groups excluding carboxylic acids is 2. The number of aliphatic hydroxyl groups excluding tert-OH is 2. The third-order valence-electron chi connectivity index (χ3n) is 8.33. The molecule has 16 nitrogen and oxygen atoms in total. The van der Waals surface area contributed by atoms with Gasteiger partial charge in [0.2, 0.25) is 0 Å². The summed E-state index contributed by atoms with van der Waals surface area (Å²) in [5, 5.41) is 34.8. The highest BCUT2D eigenvalue weighted by Crippen LogP contribution is 2.33. The number of aryl methyl sites for hydroxylation is 1. The maximum absolute atomic E-state index is 12.5. The first kappa shape index (κ1) is 29.7. The fraction of sp³-hybridized carbons (Fsp3) is 0.536. The summed E-state index contributed by atoms with van der Waals surface area (Å²) >= 11 is 0. The molecule has 3 aromatic rings. The van der Waals surface area contributed by atoms with Crippen molar-refractivity contribution < 1.29 is 34.2 Å². The molecule has 6 rings (SSSR count). The van der Waals surface area contributed by atoms with Crippen LogP contribution in [0.3, 0.4) is 0 Å². The molecular weight excluding hydrogens is 576 g/mol. The Morgan fingerprint density at radius 1 is 1.11 bits per heavy atom. The molecule has 1 aromatic carbocycles. The van der Waals surface area contributed by atoms with E-state index in [-0.39, 0.29) is 23.3 Å². The van der Waals surface area contributed by atoms with E-state index in [0.29, 0.717) is 42.4 Å². The summed E-state index contributed by atoms with van der Waals surface area (Å²) in [4.78, 5) is 50.3. The summed E-state index contributed by atoms with van der Waals surface area (Å²) in [6.45, 7) is 1.08. The lowest BCUT2D eigenvalue weighted by atomic mass is 9.91. The minimum atomic E-state index is -1.41. The first-order valence-electron chi connectivity index (χ1n) is 14.7. The summed E-state index contributed by atoms with van der Waals surface area (Å²) in [5.74, 6) is 0.862. The number of anilines is 1. The Hall–Kier alpha value is -4.41. The van der Waals surface area contributed by atoms with Crippen molar-refractivity contribution in [3.05, 3.63) is 46.5 Å². The zero-order valence-electron chi connectivity index (χ0n) is 23.8. The third-order valence-corrected chi connectivity index (χ3v) is 8.33. The zero-order chi connectivity index (χ0) is 31.0. The van der Waals surface area contributed by atoms with Crippen molar-refractivity contribution in [2.45, 2.75) is 75.5 Å². The summed E-state index contributed by atoms with van der Waals surface area (Å²) in [6.07, 6.45) is 1.41. The van der Waals surface area contributed by atoms with Crippen LogP contribution < -0.4 is 15.8 Å². The molecule has 0 unspecified atom stereocenters. The highest BCUT2D eigenvalue weighted by atomic mass is 16.6. The van der Waals surface area contributed by atoms with Crippen LogP contribution in [0, 0.1) is 16.0 Å². The maximum Gasteiger partial charge on any atom is 0.415 e. The lowest BCUT2D eigenvalue weighted by Crippen LogP contribution is -2.43. The third kappa shape index (κ3) is 6.27. The van der Waals surface area contributed by atoms with Crippen LogP contribution in [0.25, 0.3) is 11.2 Å². The van der Waals surface area contributed by atoms with Gasteiger partial charge in [-0.05, 0) is 56.6 Å². The van der Waals surface area contributed by atoms with Gasteiger partial charge >= 0.3 is 6.09 Å². The number of carbonyl (C=O) groups is 2. The molecule has 4 heterocycles. The van der Waals surface area contributed by atoms with E-state index >= 15 is 0 Å². The minimum absolute atomic E-state index is 0.0753. The fourth-order valence-electron chi connectivity index (χ4n) is 5.65. The summed E-state index contributed by atoms with van der Waals surface area (Å²) in [7, 11) is 0. The van der Waals surface area contributed by atoms with Crippen LogP contribution in [-0.4, -0.2) is 89.0 Å². The van der Waals surface area contributed by atoms with E-state index in [1.807, 2.05) is 0 Å². The van der Waals surface area contributed by atoms with Gasteiger partial charge in [-0.3, -0.25) is 19.5 Å². The van der Waals surface area contributed by atoms with E-state index in [0.717, 1.165) is 38.5 Å². The number of nitrogens with two attached hydrogens (primary N) is 1. The average Bonchev–Trinajstić information content (AvgIpc) is 3.64. The largest absolute Gasteiger partial charge is 0.415 e. The van der Waals surface area contributed by atoms with Crippen molar-refractivity contribution in [2.75, 3.05) is 18.8 Å². The van der Waals surface area contributed by atoms with E-state index in [9.17, 15) is 29.9 Å². The molecule has 44 heavy (non-hydrogen) atoms. The number of non-ortho nitro benzene ring substituents is 1. The molecule has 3 aliphatic rings. The van der Waals surface area contributed by atoms with Gasteiger partial charge in [0, 0.05) is 37.7 Å². The van der Waals surface area contributed by atoms with Crippen LogP contribution in [0.2, 0.25) is 0 Å². The van der Waals surface area contributed by atoms with Gasteiger partial charge in [-0.1, -0.05) is 0 Å². The summed E-state index contributed by atoms with van der Waals surface area (Å²) in [5.41, 5.74) is 6.78. The van der Waals surface area contributed by atoms with Crippen LogP contribution in [0.1, 0.15) is 50.6 Å². The SMILES string of the molecule is Nc1nc(CCCC2CCN(C(=O)Oc3ccc([N+](=O)[O-])cc3)CC2)nc2c1ncn2[C@@H]1O[C@H](C(=O)NC2CC2)[C@@H](O)[C@H]1O. The second kappa shape index (κ2) is 12.3. The number of nitro groups is 1. The Bertz CT molecular complexity index is 1540. The van der Waals surface area contributed by atoms with Crippen molar-refractivity contribution in [1.29, 1.82) is 0 Å². The van der Waals surface area contributed by atoms with Crippen LogP contribution in [0.5, 0.6) is 5.75 Å². The van der Waals surface area contributed by atoms with Crippen LogP contribution in [0.4, 0.5) is 16.3 Å². The highest BCUT2D eigenvalue weighted by Gasteiger charge is 2.48. The molecule has 1 aliphatic carbocycles. The zero-order valence-corrected chi connectivity index (χ0v) is 23.8. The molecule has 0 spiro atoms. The lowest BCUT2D eigenvalue weighted by molar-refractivity contribution is -0.384. The summed E-state index contributed by atoms with van der Waals surface area (Å²) in [6, 6.07) is 5.47. The van der Waals surface area contributed by atoms with Gasteiger partial charge in [0.25, 0.3) is 11.6 Å². The first-order valence-corrected chi connectivity index (χ1v) is 14.7. The first-order chi connectivity index (χ1) is 21.2. The molecule has 5 N–H and O–H groups in total. The number of aliphatic hydroxyl groups is 2. The number of fused-ring (bicyclic) bond motifs is 1. The minimum Gasteiger partial charge on any atom is -0.410 e. The van der Waals surface area contributed by atoms with E-state index in [1.165, 1.54) is 35.2 Å². The molecule has 234 valence electrons. The Balaban J connectivity index is 1.01. The molecule has 2 aromatic heterocycles. The van der Waals surface area contributed by atoms with E-state index in [2.05, 4.69) is 20.3 Å². The number of nitrogens with one attached hydrogen (secondary N) is 1. The number of piperidine rings is 1. The second-order valence-electron chi connectivity index (χ2n) is 11.5. The highest BCUT2D eigenvalue weighted by molar-refractivity contribution is 5.83. The number of nitro benzene ring substituents is 1. The lowest BCUT2D eigenvalue weighted by Gasteiger charge is -2.31. The number of likely N-dealkylation sites (tertiary alicyclic amines) is 1.